The Labute approximate surface area is 159 Å². The molecule has 2 heterocycles. The molecule has 0 bridgehead atoms. The zero-order chi connectivity index (χ0) is 18.3. The molecule has 3 aromatic rings. The quantitative estimate of drug-likeness (QED) is 0.588. The lowest BCUT2D eigenvalue weighted by Crippen LogP contribution is -2.12. The van der Waals surface area contributed by atoms with Gasteiger partial charge >= 0.3 is 0 Å². The van der Waals surface area contributed by atoms with E-state index in [9.17, 15) is 4.79 Å². The third-order valence-electron chi connectivity index (χ3n) is 3.52. The molecule has 25 heavy (non-hydrogen) atoms. The van der Waals surface area contributed by atoms with Gasteiger partial charge in [-0.2, -0.15) is 0 Å². The van der Waals surface area contributed by atoms with Gasteiger partial charge in [-0.15, -0.1) is 11.3 Å². The number of halogens is 2. The molecule has 0 atom stereocenters. The summed E-state index contributed by atoms with van der Waals surface area (Å²) in [6, 6.07) is 5.41. The number of thiophene rings is 1. The van der Waals surface area contributed by atoms with Gasteiger partial charge in [-0.3, -0.25) is 4.79 Å². The van der Waals surface area contributed by atoms with Gasteiger partial charge < -0.3 is 11.1 Å². The van der Waals surface area contributed by atoms with Crippen molar-refractivity contribution in [2.45, 2.75) is 26.8 Å². The van der Waals surface area contributed by atoms with E-state index < -0.39 is 0 Å². The van der Waals surface area contributed by atoms with Gasteiger partial charge in [-0.05, 0) is 26.0 Å². The maximum Gasteiger partial charge on any atom is 0.224 e. The summed E-state index contributed by atoms with van der Waals surface area (Å²) >= 11 is 13.4. The fourth-order valence-corrected chi connectivity index (χ4v) is 3.75. The summed E-state index contributed by atoms with van der Waals surface area (Å²) in [6.07, 6.45) is 0. The summed E-state index contributed by atoms with van der Waals surface area (Å²) in [5, 5.41) is 4.72. The Morgan fingerprint density at radius 3 is 2.56 bits per heavy atom. The van der Waals surface area contributed by atoms with Crippen molar-refractivity contribution in [2.24, 2.45) is 0 Å². The molecule has 0 fully saturated rings. The molecule has 0 amide bonds. The molecule has 3 rings (SSSR count). The third-order valence-corrected chi connectivity index (χ3v) is 5.46. The predicted molar refractivity (Wildman–Crippen MR) is 106 cm³/mol. The smallest absolute Gasteiger partial charge is 0.224 e. The fourth-order valence-electron chi connectivity index (χ4n) is 2.46. The van der Waals surface area contributed by atoms with Gasteiger partial charge in [0.2, 0.25) is 5.95 Å². The second-order valence-electron chi connectivity index (χ2n) is 5.90. The summed E-state index contributed by atoms with van der Waals surface area (Å²) in [5.74, 6) is 0.374. The molecule has 0 aliphatic carbocycles. The lowest BCUT2D eigenvalue weighted by atomic mass is 10.1. The van der Waals surface area contributed by atoms with Crippen molar-refractivity contribution in [3.63, 3.8) is 0 Å². The third kappa shape index (κ3) is 3.42. The average Bonchev–Trinajstić information content (AvgIpc) is 2.86. The minimum absolute atomic E-state index is 0.0982. The van der Waals surface area contributed by atoms with Crippen molar-refractivity contribution in [3.8, 4) is 11.3 Å². The number of ketones is 1. The Balaban J connectivity index is 2.33. The molecule has 1 aromatic carbocycles. The van der Waals surface area contributed by atoms with Crippen LogP contribution in [0.4, 0.5) is 11.6 Å². The van der Waals surface area contributed by atoms with Crippen molar-refractivity contribution in [3.05, 3.63) is 33.1 Å². The van der Waals surface area contributed by atoms with Crippen LogP contribution in [0, 0.1) is 0 Å². The summed E-state index contributed by atoms with van der Waals surface area (Å²) < 4.78 is 0. The second-order valence-corrected chi connectivity index (χ2v) is 7.72. The lowest BCUT2D eigenvalue weighted by molar-refractivity contribution is 0.102. The zero-order valence-corrected chi connectivity index (χ0v) is 16.2. The number of benzene rings is 1. The van der Waals surface area contributed by atoms with Crippen molar-refractivity contribution in [2.75, 3.05) is 11.1 Å². The number of anilines is 2. The normalized spacial score (nSPS) is 11.3. The highest BCUT2D eigenvalue weighted by Crippen LogP contribution is 2.40. The molecular weight excluding hydrogens is 379 g/mol. The summed E-state index contributed by atoms with van der Waals surface area (Å²) in [7, 11) is 0. The van der Waals surface area contributed by atoms with Crippen molar-refractivity contribution in [1.82, 2.24) is 9.97 Å². The molecule has 5 nitrogen and oxygen atoms in total. The number of Topliss-reactive ketones (excluding diaryl/α,β-unsaturated/α-hetero) is 1. The number of carbonyl (C=O) groups is 1. The predicted octanol–water partition coefficient (Wildman–Crippen LogP) is 5.27. The van der Waals surface area contributed by atoms with Crippen LogP contribution in [-0.4, -0.2) is 21.8 Å². The largest absolute Gasteiger partial charge is 0.397 e. The van der Waals surface area contributed by atoms with Gasteiger partial charge in [0.1, 0.15) is 4.83 Å². The van der Waals surface area contributed by atoms with E-state index in [0.29, 0.717) is 42.5 Å². The monoisotopic (exact) mass is 394 g/mol. The molecule has 0 aliphatic heterocycles. The number of nitrogens with zero attached hydrogens (tertiary/aromatic N) is 2. The Bertz CT molecular complexity index is 984. The van der Waals surface area contributed by atoms with E-state index in [0.717, 1.165) is 5.56 Å². The maximum absolute atomic E-state index is 11.9. The molecule has 0 spiro atoms. The highest BCUT2D eigenvalue weighted by molar-refractivity contribution is 7.21. The molecule has 8 heteroatoms. The Kier molecular flexibility index (Phi) is 4.86. The van der Waals surface area contributed by atoms with E-state index in [1.54, 1.807) is 12.1 Å². The van der Waals surface area contributed by atoms with Crippen LogP contribution < -0.4 is 11.1 Å². The molecule has 3 N–H and O–H groups in total. The Morgan fingerprint density at radius 1 is 1.24 bits per heavy atom. The summed E-state index contributed by atoms with van der Waals surface area (Å²) in [5.41, 5.74) is 8.00. The first-order valence-electron chi connectivity index (χ1n) is 7.60. The minimum Gasteiger partial charge on any atom is -0.397 e. The standard InChI is InChI=1S/C17H16Cl2N4OS/c1-7(2)21-17-22-14(9-4-5-10(18)11(19)6-9)12-13(20)15(8(3)24)25-16(12)23-17/h4-7H,20H2,1-3H3,(H,21,22,23). The van der Waals surface area contributed by atoms with E-state index in [1.807, 2.05) is 19.9 Å². The van der Waals surface area contributed by atoms with Crippen LogP contribution in [-0.2, 0) is 0 Å². The number of hydrogen-bond donors (Lipinski definition) is 2. The highest BCUT2D eigenvalue weighted by atomic mass is 35.5. The molecule has 0 unspecified atom stereocenters. The number of fused-ring (bicyclic) bond motifs is 1. The number of rotatable bonds is 4. The van der Waals surface area contributed by atoms with E-state index in [-0.39, 0.29) is 11.8 Å². The second kappa shape index (κ2) is 6.78. The summed E-state index contributed by atoms with van der Waals surface area (Å²) in [6.45, 7) is 5.48. The van der Waals surface area contributed by atoms with Gasteiger partial charge in [0, 0.05) is 18.5 Å². The molecule has 2 aromatic heterocycles. The van der Waals surface area contributed by atoms with Crippen LogP contribution in [0.3, 0.4) is 0 Å². The Hall–Kier alpha value is -1.89. The van der Waals surface area contributed by atoms with Gasteiger partial charge in [0.15, 0.2) is 5.78 Å². The summed E-state index contributed by atoms with van der Waals surface area (Å²) in [4.78, 5) is 22.1. The minimum atomic E-state index is -0.0982. The fraction of sp³-hybridized carbons (Fsp3) is 0.235. The van der Waals surface area contributed by atoms with Gasteiger partial charge in [-0.25, -0.2) is 9.97 Å². The van der Waals surface area contributed by atoms with E-state index in [2.05, 4.69) is 15.3 Å². The maximum atomic E-state index is 11.9. The van der Waals surface area contributed by atoms with Crippen molar-refractivity contribution >= 4 is 62.2 Å². The zero-order valence-electron chi connectivity index (χ0n) is 13.9. The van der Waals surface area contributed by atoms with Crippen LogP contribution in [0.1, 0.15) is 30.4 Å². The lowest BCUT2D eigenvalue weighted by Gasteiger charge is -2.11. The van der Waals surface area contributed by atoms with Gasteiger partial charge in [-0.1, -0.05) is 29.3 Å². The molecule has 0 saturated heterocycles. The molecule has 0 saturated carbocycles. The number of aromatic nitrogens is 2. The highest BCUT2D eigenvalue weighted by Gasteiger charge is 2.21. The molecular formula is C17H16Cl2N4OS. The van der Waals surface area contributed by atoms with E-state index >= 15 is 0 Å². The first-order chi connectivity index (χ1) is 11.8. The van der Waals surface area contributed by atoms with Crippen LogP contribution in [0.5, 0.6) is 0 Å². The first-order valence-corrected chi connectivity index (χ1v) is 9.18. The van der Waals surface area contributed by atoms with Crippen molar-refractivity contribution in [1.29, 1.82) is 0 Å². The van der Waals surface area contributed by atoms with E-state index in [4.69, 9.17) is 28.9 Å². The van der Waals surface area contributed by atoms with Crippen LogP contribution >= 0.6 is 34.5 Å². The van der Waals surface area contributed by atoms with Crippen LogP contribution in [0.2, 0.25) is 10.0 Å². The average molecular weight is 395 g/mol. The molecule has 0 radical (unpaired) electrons. The topological polar surface area (TPSA) is 80.9 Å². The van der Waals surface area contributed by atoms with E-state index in [1.165, 1.54) is 18.3 Å². The van der Waals surface area contributed by atoms with Crippen LogP contribution in [0.25, 0.3) is 21.5 Å². The number of carbonyl (C=O) groups excluding carboxylic acids is 1. The Morgan fingerprint density at radius 2 is 1.96 bits per heavy atom. The number of nitrogen functional groups attached to an aromatic ring is 1. The SMILES string of the molecule is CC(=O)c1sc2nc(NC(C)C)nc(-c3ccc(Cl)c(Cl)c3)c2c1N. The molecule has 130 valence electrons. The van der Waals surface area contributed by atoms with Crippen LogP contribution in [0.15, 0.2) is 18.2 Å². The van der Waals surface area contributed by atoms with Gasteiger partial charge in [0.05, 0.1) is 31.7 Å². The number of nitrogens with one attached hydrogen (secondary N) is 1. The van der Waals surface area contributed by atoms with Crippen molar-refractivity contribution < 1.29 is 4.79 Å². The first kappa shape index (κ1) is 17.9. The van der Waals surface area contributed by atoms with Gasteiger partial charge in [0.25, 0.3) is 0 Å². The number of hydrogen-bond acceptors (Lipinski definition) is 6. The number of nitrogens with two attached hydrogens (primary N) is 1. The molecule has 0 aliphatic rings.